The van der Waals surface area contributed by atoms with E-state index >= 15 is 0 Å². The van der Waals surface area contributed by atoms with Crippen LogP contribution in [0.25, 0.3) is 11.3 Å². The molecule has 2 aromatic carbocycles. The van der Waals surface area contributed by atoms with E-state index in [0.717, 1.165) is 35.7 Å². The molecule has 3 aromatic rings. The number of carbonyl (C=O) groups excluding carboxylic acids is 1. The second kappa shape index (κ2) is 12.7. The minimum absolute atomic E-state index is 0.00987. The first-order chi connectivity index (χ1) is 17.5. The second-order valence-electron chi connectivity index (χ2n) is 9.75. The molecule has 0 radical (unpaired) electrons. The molecule has 1 heterocycles. The van der Waals surface area contributed by atoms with Gasteiger partial charge >= 0.3 is 5.97 Å². The molecule has 4 rings (SSSR count). The summed E-state index contributed by atoms with van der Waals surface area (Å²) in [5.41, 5.74) is 3.99. The Morgan fingerprint density at radius 3 is 2.47 bits per heavy atom. The van der Waals surface area contributed by atoms with Crippen molar-refractivity contribution in [2.45, 2.75) is 51.8 Å². The lowest BCUT2D eigenvalue weighted by Crippen LogP contribution is -2.36. The summed E-state index contributed by atoms with van der Waals surface area (Å²) in [5.74, 6) is 1.09. The number of anilines is 1. The van der Waals surface area contributed by atoms with Crippen LogP contribution < -0.4 is 4.90 Å². The van der Waals surface area contributed by atoms with Crippen LogP contribution in [0.4, 0.5) is 5.88 Å². The molecule has 0 saturated heterocycles. The van der Waals surface area contributed by atoms with Gasteiger partial charge in [0.1, 0.15) is 18.4 Å². The smallest absolute Gasteiger partial charge is 0.305 e. The number of hydrogen-bond donors (Lipinski definition) is 1. The van der Waals surface area contributed by atoms with Gasteiger partial charge in [-0.25, -0.2) is 0 Å². The molecule has 0 spiro atoms. The van der Waals surface area contributed by atoms with Crippen molar-refractivity contribution < 1.29 is 19.2 Å². The highest BCUT2D eigenvalue weighted by molar-refractivity contribution is 5.69. The van der Waals surface area contributed by atoms with Crippen molar-refractivity contribution in [3.05, 3.63) is 71.8 Å². The van der Waals surface area contributed by atoms with Crippen LogP contribution >= 0.6 is 0 Å². The van der Waals surface area contributed by atoms with Gasteiger partial charge in [0.25, 0.3) is 0 Å². The minimum Gasteiger partial charge on any atom is -0.463 e. The average Bonchev–Trinajstić information content (AvgIpc) is 3.60. The number of rotatable bonds is 14. The van der Waals surface area contributed by atoms with Gasteiger partial charge in [-0.3, -0.25) is 9.69 Å². The van der Waals surface area contributed by atoms with Gasteiger partial charge in [0.05, 0.1) is 5.56 Å². The van der Waals surface area contributed by atoms with Crippen molar-refractivity contribution in [1.29, 1.82) is 0 Å². The van der Waals surface area contributed by atoms with Crippen LogP contribution in [-0.4, -0.2) is 54.0 Å². The third-order valence-corrected chi connectivity index (χ3v) is 6.38. The van der Waals surface area contributed by atoms with E-state index in [2.05, 4.69) is 27.1 Å². The predicted molar refractivity (Wildman–Crippen MR) is 140 cm³/mol. The fourth-order valence-corrected chi connectivity index (χ4v) is 4.40. The van der Waals surface area contributed by atoms with Gasteiger partial charge in [0.15, 0.2) is 0 Å². The molecule has 7 nitrogen and oxygen atoms in total. The maximum Gasteiger partial charge on any atom is 0.305 e. The Bertz CT molecular complexity index is 1080. The largest absolute Gasteiger partial charge is 0.463 e. The molecule has 0 aliphatic heterocycles. The fourth-order valence-electron chi connectivity index (χ4n) is 4.40. The van der Waals surface area contributed by atoms with Crippen LogP contribution in [-0.2, 0) is 22.6 Å². The molecule has 1 atom stereocenters. The number of aromatic nitrogens is 1. The lowest BCUT2D eigenvalue weighted by molar-refractivity contribution is -0.147. The highest BCUT2D eigenvalue weighted by Crippen LogP contribution is 2.35. The normalized spacial score (nSPS) is 14.1. The van der Waals surface area contributed by atoms with Crippen molar-refractivity contribution in [2.75, 3.05) is 31.6 Å². The standard InChI is InChI=1S/C29H37N3O4/c1-3-10-27(34)35-21-25(33)19-32(18-23-15-16-23)20-26-28(24-13-8-5-9-14-24)30-36-29(26)31(2)17-22-11-6-4-7-12-22/h4-9,11-14,23,25,33H,3,10,15-21H2,1-2H3/t25-/m1/s1. The Balaban J connectivity index is 1.55. The summed E-state index contributed by atoms with van der Waals surface area (Å²) < 4.78 is 11.2. The van der Waals surface area contributed by atoms with Crippen molar-refractivity contribution in [2.24, 2.45) is 5.92 Å². The van der Waals surface area contributed by atoms with Crippen molar-refractivity contribution in [3.63, 3.8) is 0 Å². The summed E-state index contributed by atoms with van der Waals surface area (Å²) in [4.78, 5) is 16.1. The molecule has 0 bridgehead atoms. The highest BCUT2D eigenvalue weighted by Gasteiger charge is 2.29. The summed E-state index contributed by atoms with van der Waals surface area (Å²) in [5, 5.41) is 15.2. The molecule has 36 heavy (non-hydrogen) atoms. The minimum atomic E-state index is -0.755. The van der Waals surface area contributed by atoms with Crippen molar-refractivity contribution >= 4 is 11.9 Å². The van der Waals surface area contributed by atoms with E-state index in [9.17, 15) is 9.90 Å². The van der Waals surface area contributed by atoms with Crippen LogP contribution in [0.1, 0.15) is 43.7 Å². The van der Waals surface area contributed by atoms with Crippen LogP contribution in [0.5, 0.6) is 0 Å². The fraction of sp³-hybridized carbons (Fsp3) is 0.448. The highest BCUT2D eigenvalue weighted by atomic mass is 16.5. The third-order valence-electron chi connectivity index (χ3n) is 6.38. The van der Waals surface area contributed by atoms with E-state index in [-0.39, 0.29) is 12.6 Å². The van der Waals surface area contributed by atoms with Gasteiger partial charge in [-0.1, -0.05) is 72.7 Å². The molecule has 1 N–H and O–H groups in total. The quantitative estimate of drug-likeness (QED) is 0.322. The number of nitrogens with zero attached hydrogens (tertiary/aromatic N) is 3. The number of hydrogen-bond acceptors (Lipinski definition) is 7. The molecule has 1 saturated carbocycles. The van der Waals surface area contributed by atoms with Crippen LogP contribution in [0.3, 0.4) is 0 Å². The summed E-state index contributed by atoms with van der Waals surface area (Å²) in [6, 6.07) is 20.3. The van der Waals surface area contributed by atoms with Crippen molar-refractivity contribution in [1.82, 2.24) is 10.1 Å². The van der Waals surface area contributed by atoms with E-state index in [4.69, 9.17) is 9.26 Å². The molecule has 1 fully saturated rings. The van der Waals surface area contributed by atoms with Crippen LogP contribution in [0.2, 0.25) is 0 Å². The van der Waals surface area contributed by atoms with Gasteiger partial charge < -0.3 is 19.3 Å². The topological polar surface area (TPSA) is 79.0 Å². The monoisotopic (exact) mass is 491 g/mol. The molecular formula is C29H37N3O4. The summed E-state index contributed by atoms with van der Waals surface area (Å²) in [6.07, 6.45) is 2.76. The first-order valence-electron chi connectivity index (χ1n) is 12.9. The first kappa shape index (κ1) is 25.9. The Morgan fingerprint density at radius 1 is 1.11 bits per heavy atom. The molecule has 7 heteroatoms. The Kier molecular flexibility index (Phi) is 9.14. The summed E-state index contributed by atoms with van der Waals surface area (Å²) in [6.45, 7) is 4.51. The van der Waals surface area contributed by atoms with Crippen LogP contribution in [0, 0.1) is 5.92 Å². The SMILES string of the molecule is CCCC(=O)OC[C@H](O)CN(Cc1c(-c2ccccc2)noc1N(C)Cc1ccccc1)CC1CC1. The number of esters is 1. The Hall–Kier alpha value is -3.16. The van der Waals surface area contributed by atoms with E-state index in [0.29, 0.717) is 32.0 Å². The predicted octanol–water partition coefficient (Wildman–Crippen LogP) is 4.89. The van der Waals surface area contributed by atoms with E-state index in [1.165, 1.54) is 18.4 Å². The summed E-state index contributed by atoms with van der Waals surface area (Å²) in [7, 11) is 2.01. The van der Waals surface area contributed by atoms with E-state index in [1.807, 2.05) is 62.5 Å². The number of ether oxygens (including phenoxy) is 1. The molecule has 1 aromatic heterocycles. The van der Waals surface area contributed by atoms with Gasteiger partial charge in [-0.05, 0) is 30.7 Å². The van der Waals surface area contributed by atoms with Gasteiger partial charge in [-0.2, -0.15) is 0 Å². The lowest BCUT2D eigenvalue weighted by Gasteiger charge is -2.26. The zero-order chi connectivity index (χ0) is 25.3. The number of aliphatic hydroxyl groups excluding tert-OH is 1. The molecule has 192 valence electrons. The molecule has 1 aliphatic rings. The summed E-state index contributed by atoms with van der Waals surface area (Å²) >= 11 is 0. The lowest BCUT2D eigenvalue weighted by atomic mass is 10.1. The third kappa shape index (κ3) is 7.42. The van der Waals surface area contributed by atoms with Crippen molar-refractivity contribution in [3.8, 4) is 11.3 Å². The number of carbonyl (C=O) groups is 1. The maximum absolute atomic E-state index is 11.8. The van der Waals surface area contributed by atoms with Crippen LogP contribution in [0.15, 0.2) is 65.2 Å². The molecule has 1 aliphatic carbocycles. The maximum atomic E-state index is 11.8. The van der Waals surface area contributed by atoms with Gasteiger partial charge in [0, 0.05) is 45.2 Å². The second-order valence-corrected chi connectivity index (χ2v) is 9.75. The van der Waals surface area contributed by atoms with E-state index < -0.39 is 6.10 Å². The van der Waals surface area contributed by atoms with E-state index in [1.54, 1.807) is 0 Å². The van der Waals surface area contributed by atoms with Gasteiger partial charge in [0.2, 0.25) is 5.88 Å². The zero-order valence-corrected chi connectivity index (χ0v) is 21.3. The number of benzene rings is 2. The number of aliphatic hydroxyl groups is 1. The molecule has 0 unspecified atom stereocenters. The van der Waals surface area contributed by atoms with Gasteiger partial charge in [-0.15, -0.1) is 0 Å². The molecular weight excluding hydrogens is 454 g/mol. The Labute approximate surface area is 213 Å². The zero-order valence-electron chi connectivity index (χ0n) is 21.3. The average molecular weight is 492 g/mol. The first-order valence-corrected chi connectivity index (χ1v) is 12.9. The molecule has 0 amide bonds. The Morgan fingerprint density at radius 2 is 1.81 bits per heavy atom.